The van der Waals surface area contributed by atoms with E-state index in [9.17, 15) is 52.7 Å². The van der Waals surface area contributed by atoms with Gasteiger partial charge in [0.1, 0.15) is 0 Å². The van der Waals surface area contributed by atoms with Gasteiger partial charge >= 0.3 is 46.7 Å². The predicted molar refractivity (Wildman–Crippen MR) is 124 cm³/mol. The van der Waals surface area contributed by atoms with Crippen LogP contribution in [0, 0.1) is 0 Å². The Balaban J connectivity index is 6.29. The van der Waals surface area contributed by atoms with E-state index >= 15 is 0 Å². The molecule has 1 atom stereocenters. The first kappa shape index (κ1) is 42.0. The van der Waals surface area contributed by atoms with E-state index in [4.69, 9.17) is 27.9 Å². The topological polar surface area (TPSA) is 83.1 Å². The van der Waals surface area contributed by atoms with Crippen molar-refractivity contribution in [3.05, 3.63) is 0 Å². The zero-order chi connectivity index (χ0) is 33.5. The van der Waals surface area contributed by atoms with Crippen molar-refractivity contribution in [2.75, 3.05) is 39.6 Å². The molecule has 1 unspecified atom stereocenters. The molecule has 0 aliphatic rings. The summed E-state index contributed by atoms with van der Waals surface area (Å²) in [6.07, 6.45) is -36.2. The molecule has 0 radical (unpaired) electrons. The van der Waals surface area contributed by atoms with Gasteiger partial charge in [0.2, 0.25) is 12.2 Å². The number of halogens is 12. The molecule has 43 heavy (non-hydrogen) atoms. The Labute approximate surface area is 240 Å². The van der Waals surface area contributed by atoms with Crippen LogP contribution in [0.2, 0.25) is 0 Å². The molecule has 0 aromatic rings. The second kappa shape index (κ2) is 19.5. The second-order valence-electron chi connectivity index (χ2n) is 8.14. The summed E-state index contributed by atoms with van der Waals surface area (Å²) in [7, 11) is -6.85. The molecule has 0 heterocycles. The molecule has 0 aliphatic heterocycles. The van der Waals surface area contributed by atoms with Crippen molar-refractivity contribution < 1.29 is 94.6 Å². The van der Waals surface area contributed by atoms with Crippen molar-refractivity contribution in [3.63, 3.8) is 0 Å². The lowest BCUT2D eigenvalue weighted by molar-refractivity contribution is -0.323. The molecule has 254 valence electrons. The fraction of sp³-hybridized carbons (Fsp3) is 1.00. The van der Waals surface area contributed by atoms with E-state index in [1.807, 2.05) is 0 Å². The van der Waals surface area contributed by atoms with E-state index in [0.717, 1.165) is 0 Å². The number of hydrogen-bond acceptors (Lipinski definition) is 9. The molecule has 0 bridgehead atoms. The van der Waals surface area contributed by atoms with Crippen LogP contribution in [0.25, 0.3) is 0 Å². The van der Waals surface area contributed by atoms with Crippen molar-refractivity contribution in [2.45, 2.75) is 83.6 Å². The first-order chi connectivity index (χ1) is 19.7. The number of rotatable bonds is 22. The Hall–Kier alpha value is -1.01. The van der Waals surface area contributed by atoms with Crippen LogP contribution in [0.15, 0.2) is 0 Å². The molecule has 0 amide bonds. The summed E-state index contributed by atoms with van der Waals surface area (Å²) in [5.74, 6) is 0. The highest BCUT2D eigenvalue weighted by atomic mass is 19.4. The van der Waals surface area contributed by atoms with Crippen molar-refractivity contribution in [2.24, 2.45) is 0 Å². The summed E-state index contributed by atoms with van der Waals surface area (Å²) >= 11 is 0. The molecule has 0 saturated carbocycles. The third kappa shape index (κ3) is 17.9. The van der Waals surface area contributed by atoms with Crippen molar-refractivity contribution in [1.82, 2.24) is 0 Å². The van der Waals surface area contributed by atoms with Crippen LogP contribution < -0.4 is 0 Å². The van der Waals surface area contributed by atoms with Crippen LogP contribution in [0.1, 0.15) is 40.5 Å². The molecule has 0 rings (SSSR count). The van der Waals surface area contributed by atoms with Gasteiger partial charge in [-0.05, 0) is 26.7 Å². The van der Waals surface area contributed by atoms with Crippen LogP contribution in [-0.2, 0) is 41.9 Å². The van der Waals surface area contributed by atoms with Crippen molar-refractivity contribution >= 4 is 22.0 Å². The second-order valence-corrected chi connectivity index (χ2v) is 8.14. The lowest BCUT2D eigenvalue weighted by Crippen LogP contribution is -2.54. The van der Waals surface area contributed by atoms with Crippen LogP contribution in [0.3, 0.4) is 0 Å². The smallest absolute Gasteiger partial charge is 0.386 e. The van der Waals surface area contributed by atoms with Crippen LogP contribution in [0.4, 0.5) is 52.7 Å². The van der Waals surface area contributed by atoms with Gasteiger partial charge in [-0.3, -0.25) is 0 Å². The van der Waals surface area contributed by atoms with Gasteiger partial charge in [0, 0.05) is 26.4 Å². The van der Waals surface area contributed by atoms with Crippen LogP contribution >= 0.6 is 0 Å². The van der Waals surface area contributed by atoms with Gasteiger partial charge in [0.25, 0.3) is 0 Å². The Morgan fingerprint density at radius 3 is 1.09 bits per heavy atom. The molecular weight excluding hydrogens is 633 g/mol. The minimum atomic E-state index is -6.36. The zero-order valence-electron chi connectivity index (χ0n) is 23.3. The Morgan fingerprint density at radius 1 is 0.442 bits per heavy atom. The maximum Gasteiger partial charge on any atom is 0.641 e. The van der Waals surface area contributed by atoms with E-state index in [1.165, 1.54) is 13.8 Å². The van der Waals surface area contributed by atoms with Gasteiger partial charge in [-0.25, -0.2) is 0 Å². The average Bonchev–Trinajstić information content (AvgIpc) is 2.84. The zero-order valence-corrected chi connectivity index (χ0v) is 23.3. The highest BCUT2D eigenvalue weighted by Crippen LogP contribution is 2.39. The maximum absolute atomic E-state index is 13.0. The summed E-state index contributed by atoms with van der Waals surface area (Å²) in [5.41, 5.74) is 0. The first-order valence-corrected chi connectivity index (χ1v) is 12.6. The van der Waals surface area contributed by atoms with Gasteiger partial charge in [-0.15, -0.1) is 0 Å². The molecule has 0 aliphatic carbocycles. The summed E-state index contributed by atoms with van der Waals surface area (Å²) in [6, 6.07) is 0. The first-order valence-electron chi connectivity index (χ1n) is 12.6. The quantitative estimate of drug-likeness (QED) is 0.113. The molecule has 0 aromatic carbocycles. The average molecular weight is 664 g/mol. The summed E-state index contributed by atoms with van der Waals surface area (Å²) in [4.78, 5) is 0. The third-order valence-electron chi connectivity index (χ3n) is 4.35. The Bertz CT molecular complexity index is 656. The van der Waals surface area contributed by atoms with Gasteiger partial charge in [-0.2, -0.15) is 52.7 Å². The van der Waals surface area contributed by atoms with Crippen LogP contribution in [-0.4, -0.2) is 105 Å². The largest absolute Gasteiger partial charge is 0.641 e. The van der Waals surface area contributed by atoms with E-state index in [1.54, 1.807) is 13.8 Å². The van der Waals surface area contributed by atoms with E-state index in [2.05, 4.69) is 14.0 Å². The van der Waals surface area contributed by atoms with Gasteiger partial charge in [0.05, 0.1) is 19.3 Å². The predicted octanol–water partition coefficient (Wildman–Crippen LogP) is 5.31. The highest BCUT2D eigenvalue weighted by molar-refractivity contribution is 6.37. The van der Waals surface area contributed by atoms with Gasteiger partial charge in [-0.1, -0.05) is 13.8 Å². The molecule has 9 nitrogen and oxygen atoms in total. The lowest BCUT2D eigenvalue weighted by atomic mass is 10.1. The lowest BCUT2D eigenvalue weighted by Gasteiger charge is -2.30. The van der Waals surface area contributed by atoms with E-state index < -0.39 is 78.2 Å². The maximum atomic E-state index is 13.0. The summed E-state index contributed by atoms with van der Waals surface area (Å²) in [6.45, 7) is 4.27. The number of alkyl halides is 12. The van der Waals surface area contributed by atoms with Crippen molar-refractivity contribution in [3.8, 4) is 0 Å². The Morgan fingerprint density at radius 2 is 0.791 bits per heavy atom. The summed E-state index contributed by atoms with van der Waals surface area (Å²) in [5, 5.41) is 0. The normalized spacial score (nSPS) is 14.1. The SMILES string of the molecule is CCCOB(OCCC)OC(COB(OCC)OCC)COB(OC(C(F)(F)F)C(F)(F)F)OC(C(F)(F)F)C(F)(F)F. The molecule has 0 aromatic heterocycles. The van der Waals surface area contributed by atoms with E-state index in [-0.39, 0.29) is 26.4 Å². The molecule has 0 saturated heterocycles. The fourth-order valence-electron chi connectivity index (χ4n) is 2.64. The molecular formula is C19H31B3F12O9. The van der Waals surface area contributed by atoms with Gasteiger partial charge < -0.3 is 41.9 Å². The molecule has 0 fully saturated rings. The fourth-order valence-corrected chi connectivity index (χ4v) is 2.64. The Kier molecular flexibility index (Phi) is 19.0. The standard InChI is InChI=1S/C19H31B3F12O9/c1-5-9-37-21(38-10-6-2)41-13(11-39-20(35-7-3)36-8-4)12-40-22(42-14(16(23,24)25)17(26,27)28)43-15(18(29,30)31)19(32,33)34/h13-15H,5-12H2,1-4H3. The van der Waals surface area contributed by atoms with Crippen molar-refractivity contribution in [1.29, 1.82) is 0 Å². The van der Waals surface area contributed by atoms with Gasteiger partial charge in [0.15, 0.2) is 0 Å². The number of hydrogen-bond donors (Lipinski definition) is 0. The minimum Gasteiger partial charge on any atom is -0.386 e. The molecule has 0 spiro atoms. The summed E-state index contributed by atoms with van der Waals surface area (Å²) < 4.78 is 199. The minimum absolute atomic E-state index is 0.00410. The monoisotopic (exact) mass is 664 g/mol. The highest BCUT2D eigenvalue weighted by Gasteiger charge is 2.63. The molecule has 24 heteroatoms. The van der Waals surface area contributed by atoms with Crippen LogP contribution in [0.5, 0.6) is 0 Å². The van der Waals surface area contributed by atoms with E-state index in [0.29, 0.717) is 12.8 Å². The third-order valence-corrected chi connectivity index (χ3v) is 4.35. The molecule has 0 N–H and O–H groups in total.